The summed E-state index contributed by atoms with van der Waals surface area (Å²) in [6.45, 7) is 4.29. The third kappa shape index (κ3) is 5.09. The third-order valence-electron chi connectivity index (χ3n) is 7.24. The highest BCUT2D eigenvalue weighted by Crippen LogP contribution is 2.35. The van der Waals surface area contributed by atoms with Crippen molar-refractivity contribution in [3.63, 3.8) is 0 Å². The zero-order valence-electron chi connectivity index (χ0n) is 18.6. The molecule has 0 amide bonds. The van der Waals surface area contributed by atoms with Gasteiger partial charge in [-0.05, 0) is 80.6 Å². The van der Waals surface area contributed by atoms with Crippen molar-refractivity contribution < 1.29 is 9.07 Å². The fraction of sp³-hybridized carbons (Fsp3) is 0.500. The molecule has 164 valence electrons. The van der Waals surface area contributed by atoms with Crippen molar-refractivity contribution in [2.24, 2.45) is 16.8 Å². The number of ketones is 1. The van der Waals surface area contributed by atoms with Gasteiger partial charge in [-0.15, -0.1) is 0 Å². The maximum absolute atomic E-state index is 12.7. The predicted molar refractivity (Wildman–Crippen MR) is 132 cm³/mol. The second kappa shape index (κ2) is 9.73. The van der Waals surface area contributed by atoms with Crippen molar-refractivity contribution in [3.8, 4) is 0 Å². The minimum absolute atomic E-state index is 0. The molecule has 30 heavy (non-hydrogen) atoms. The van der Waals surface area contributed by atoms with Crippen LogP contribution >= 0.6 is 0 Å². The van der Waals surface area contributed by atoms with Gasteiger partial charge < -0.3 is 0 Å². The van der Waals surface area contributed by atoms with Crippen LogP contribution in [-0.2, 0) is 11.2 Å². The van der Waals surface area contributed by atoms with E-state index in [0.29, 0.717) is 24.0 Å². The van der Waals surface area contributed by atoms with Gasteiger partial charge in [-0.25, -0.2) is 0 Å². The smallest absolute Gasteiger partial charge is 0.133 e. The van der Waals surface area contributed by atoms with Crippen molar-refractivity contribution in [2.45, 2.75) is 78.1 Å². The first-order valence-electron chi connectivity index (χ1n) is 11.8. The Morgan fingerprint density at radius 1 is 1.07 bits per heavy atom. The Labute approximate surface area is 186 Å². The van der Waals surface area contributed by atoms with Crippen molar-refractivity contribution >= 4 is 11.5 Å². The lowest BCUT2D eigenvalue weighted by molar-refractivity contribution is -0.120. The minimum Gasteiger partial charge on any atom is -0.300 e. The fourth-order valence-electron chi connectivity index (χ4n) is 5.25. The van der Waals surface area contributed by atoms with E-state index in [1.807, 2.05) is 6.20 Å². The van der Waals surface area contributed by atoms with Gasteiger partial charge >= 0.3 is 0 Å². The van der Waals surface area contributed by atoms with Gasteiger partial charge in [0.05, 0.1) is 5.71 Å². The Hall–Kier alpha value is -2.22. The molecule has 2 nitrogen and oxygen atoms in total. The molecule has 1 aromatic carbocycles. The van der Waals surface area contributed by atoms with E-state index in [1.165, 1.54) is 59.2 Å². The predicted octanol–water partition coefficient (Wildman–Crippen LogP) is 7.74. The van der Waals surface area contributed by atoms with E-state index in [1.54, 1.807) is 0 Å². The molecular formula is C28H41NO. The number of aryl methyl sites for hydroxylation is 3. The van der Waals surface area contributed by atoms with Crippen LogP contribution in [0.1, 0.15) is 78.8 Å². The normalized spacial score (nSPS) is 23.7. The van der Waals surface area contributed by atoms with E-state index in [2.05, 4.69) is 50.3 Å². The molecule has 0 spiro atoms. The molecule has 0 N–H and O–H groups in total. The largest absolute Gasteiger partial charge is 0.300 e. The second-order valence-corrected chi connectivity index (χ2v) is 9.46. The summed E-state index contributed by atoms with van der Waals surface area (Å²) >= 11 is 0. The summed E-state index contributed by atoms with van der Waals surface area (Å²) in [7, 11) is 0. The Bertz CT molecular complexity index is 929. The highest BCUT2D eigenvalue weighted by atomic mass is 16.1. The van der Waals surface area contributed by atoms with Crippen LogP contribution in [-0.4, -0.2) is 11.5 Å². The number of rotatable bonds is 6. The molecule has 1 aliphatic heterocycles. The average molecular weight is 408 g/mol. The highest BCUT2D eigenvalue weighted by Gasteiger charge is 2.27. The molecule has 1 unspecified atom stereocenters. The first-order chi connectivity index (χ1) is 14.6. The van der Waals surface area contributed by atoms with Gasteiger partial charge in [0, 0.05) is 29.2 Å². The number of Topliss-reactive ketones (excluding diaryl/α,β-unsaturated/α-hetero) is 1. The first kappa shape index (κ1) is 21.0. The molecule has 2 aliphatic carbocycles. The van der Waals surface area contributed by atoms with Gasteiger partial charge in [-0.2, -0.15) is 0 Å². The second-order valence-electron chi connectivity index (χ2n) is 9.46. The van der Waals surface area contributed by atoms with E-state index >= 15 is 0 Å². The zero-order valence-corrected chi connectivity index (χ0v) is 18.6. The SMILES string of the molecule is Cc1ccc(CCC(=O)C[C@@H]2CCCC(C3=NC=CCC4=C3C=CC4)CC2)cc1C.[HH].[HH].[HH]. The quantitative estimate of drug-likeness (QED) is 0.443. The number of carbonyl (C=O) groups is 1. The van der Waals surface area contributed by atoms with Crippen molar-refractivity contribution in [3.05, 3.63) is 70.5 Å². The fourth-order valence-corrected chi connectivity index (χ4v) is 5.25. The van der Waals surface area contributed by atoms with Gasteiger partial charge in [0.2, 0.25) is 0 Å². The number of carbonyl (C=O) groups excluding carboxylic acids is 1. The molecule has 1 saturated carbocycles. The Kier molecular flexibility index (Phi) is 6.82. The van der Waals surface area contributed by atoms with Crippen LogP contribution in [0.3, 0.4) is 0 Å². The summed E-state index contributed by atoms with van der Waals surface area (Å²) in [6.07, 6.45) is 19.2. The maximum Gasteiger partial charge on any atom is 0.133 e. The number of aliphatic imine (C=N–C) groups is 1. The first-order valence-corrected chi connectivity index (χ1v) is 11.8. The Balaban J connectivity index is 0.00000181. The van der Waals surface area contributed by atoms with E-state index < -0.39 is 0 Å². The van der Waals surface area contributed by atoms with Crippen LogP contribution in [0.25, 0.3) is 0 Å². The summed E-state index contributed by atoms with van der Waals surface area (Å²) < 4.78 is 0. The molecule has 0 bridgehead atoms. The van der Waals surface area contributed by atoms with Crippen LogP contribution < -0.4 is 0 Å². The number of benzene rings is 1. The molecule has 3 aliphatic rings. The number of allylic oxidation sites excluding steroid dienone is 5. The zero-order chi connectivity index (χ0) is 20.9. The lowest BCUT2D eigenvalue weighted by Crippen LogP contribution is -2.16. The number of nitrogens with zero attached hydrogens (tertiary/aromatic N) is 1. The molecule has 0 aromatic heterocycles. The highest BCUT2D eigenvalue weighted by molar-refractivity contribution is 6.06. The van der Waals surface area contributed by atoms with Crippen molar-refractivity contribution in [2.75, 3.05) is 0 Å². The van der Waals surface area contributed by atoms with Crippen LogP contribution in [0.4, 0.5) is 0 Å². The van der Waals surface area contributed by atoms with E-state index in [0.717, 1.165) is 32.1 Å². The van der Waals surface area contributed by atoms with Gasteiger partial charge in [0.15, 0.2) is 0 Å². The van der Waals surface area contributed by atoms with E-state index in [4.69, 9.17) is 4.99 Å². The van der Waals surface area contributed by atoms with Crippen LogP contribution in [0.15, 0.2) is 58.8 Å². The van der Waals surface area contributed by atoms with Crippen molar-refractivity contribution in [1.29, 1.82) is 0 Å². The summed E-state index contributed by atoms with van der Waals surface area (Å²) in [6, 6.07) is 6.59. The molecule has 0 saturated heterocycles. The monoisotopic (exact) mass is 407 g/mol. The third-order valence-corrected chi connectivity index (χ3v) is 7.24. The summed E-state index contributed by atoms with van der Waals surface area (Å²) in [5.74, 6) is 1.54. The topological polar surface area (TPSA) is 29.4 Å². The molecule has 2 atom stereocenters. The molecule has 4 rings (SSSR count). The average Bonchev–Trinajstić information content (AvgIpc) is 2.94. The molecule has 1 aromatic rings. The summed E-state index contributed by atoms with van der Waals surface area (Å²) in [5.41, 5.74) is 8.19. The number of hydrogen-bond donors (Lipinski definition) is 0. The summed E-state index contributed by atoms with van der Waals surface area (Å²) in [5, 5.41) is 0. The standard InChI is InChI=1S/C28H35NO.3H2/c1-20-11-12-23(18-21(20)2)14-16-26(30)19-22-6-3-8-25(15-13-22)28-27-10-4-7-24(27)9-5-17-29-28;;;/h4-5,10-12,17-18,22,25H,3,6-9,13-16,19H2,1-2H3;3*1H/t22-,25?;;;/m1.../s1. The minimum atomic E-state index is 0. The molecule has 1 fully saturated rings. The van der Waals surface area contributed by atoms with E-state index in [9.17, 15) is 4.79 Å². The molecule has 0 radical (unpaired) electrons. The lowest BCUT2D eigenvalue weighted by atomic mass is 9.87. The van der Waals surface area contributed by atoms with Crippen LogP contribution in [0.2, 0.25) is 0 Å². The Morgan fingerprint density at radius 3 is 2.80 bits per heavy atom. The Morgan fingerprint density at radius 2 is 1.93 bits per heavy atom. The number of hydrogen-bond acceptors (Lipinski definition) is 2. The lowest BCUT2D eigenvalue weighted by Gasteiger charge is -2.18. The van der Waals surface area contributed by atoms with Crippen LogP contribution in [0, 0.1) is 25.7 Å². The van der Waals surface area contributed by atoms with E-state index in [-0.39, 0.29) is 4.28 Å². The van der Waals surface area contributed by atoms with Crippen molar-refractivity contribution in [1.82, 2.24) is 0 Å². The van der Waals surface area contributed by atoms with Gasteiger partial charge in [0.1, 0.15) is 5.78 Å². The molecule has 1 heterocycles. The van der Waals surface area contributed by atoms with Gasteiger partial charge in [-0.1, -0.05) is 54.8 Å². The molecular weight excluding hydrogens is 366 g/mol. The maximum atomic E-state index is 12.7. The summed E-state index contributed by atoms with van der Waals surface area (Å²) in [4.78, 5) is 17.5. The van der Waals surface area contributed by atoms with Gasteiger partial charge in [0.25, 0.3) is 0 Å². The van der Waals surface area contributed by atoms with Crippen LogP contribution in [0.5, 0.6) is 0 Å². The van der Waals surface area contributed by atoms with Gasteiger partial charge in [-0.3, -0.25) is 9.79 Å². The molecule has 2 heteroatoms.